The summed E-state index contributed by atoms with van der Waals surface area (Å²) in [6, 6.07) is 2.11. The molecule has 1 aromatic heterocycles. The molecule has 1 saturated carbocycles. The number of nitrogens with zero attached hydrogens (tertiary/aromatic N) is 3. The lowest BCUT2D eigenvalue weighted by Crippen LogP contribution is -2.44. The summed E-state index contributed by atoms with van der Waals surface area (Å²) in [5.74, 6) is 0. The van der Waals surface area contributed by atoms with Gasteiger partial charge in [0.25, 0.3) is 0 Å². The molecule has 0 amide bonds. The average Bonchev–Trinajstić information content (AvgIpc) is 3.16. The first-order chi connectivity index (χ1) is 9.24. The summed E-state index contributed by atoms with van der Waals surface area (Å²) in [6.45, 7) is 8.03. The van der Waals surface area contributed by atoms with Gasteiger partial charge in [0, 0.05) is 30.9 Å². The SMILES string of the molecule is CC(C)N1CCC(NCc2cncn2C2CC2)CC1. The predicted octanol–water partition coefficient (Wildman–Crippen LogP) is 2.18. The van der Waals surface area contributed by atoms with Crippen LogP contribution < -0.4 is 5.32 Å². The van der Waals surface area contributed by atoms with E-state index in [1.165, 1.54) is 44.5 Å². The van der Waals surface area contributed by atoms with Crippen molar-refractivity contribution in [2.45, 2.75) is 64.2 Å². The monoisotopic (exact) mass is 262 g/mol. The van der Waals surface area contributed by atoms with Crippen LogP contribution in [0.3, 0.4) is 0 Å². The van der Waals surface area contributed by atoms with E-state index in [-0.39, 0.29) is 0 Å². The van der Waals surface area contributed by atoms with E-state index in [9.17, 15) is 0 Å². The van der Waals surface area contributed by atoms with Crippen LogP contribution in [0, 0.1) is 0 Å². The van der Waals surface area contributed by atoms with Gasteiger partial charge in [0.1, 0.15) is 0 Å². The first-order valence-electron chi connectivity index (χ1n) is 7.72. The third kappa shape index (κ3) is 3.18. The van der Waals surface area contributed by atoms with Crippen molar-refractivity contribution < 1.29 is 0 Å². The van der Waals surface area contributed by atoms with Crippen molar-refractivity contribution in [2.24, 2.45) is 0 Å². The molecule has 0 bridgehead atoms. The minimum atomic E-state index is 0.678. The van der Waals surface area contributed by atoms with Crippen LogP contribution in [0.4, 0.5) is 0 Å². The van der Waals surface area contributed by atoms with Gasteiger partial charge in [0.15, 0.2) is 0 Å². The third-order valence-electron chi connectivity index (χ3n) is 4.52. The van der Waals surface area contributed by atoms with Crippen molar-refractivity contribution in [1.82, 2.24) is 19.8 Å². The van der Waals surface area contributed by atoms with E-state index < -0.39 is 0 Å². The van der Waals surface area contributed by atoms with Gasteiger partial charge in [0.05, 0.1) is 12.0 Å². The van der Waals surface area contributed by atoms with Crippen molar-refractivity contribution in [3.63, 3.8) is 0 Å². The maximum atomic E-state index is 4.30. The molecule has 0 aromatic carbocycles. The summed E-state index contributed by atoms with van der Waals surface area (Å²) < 4.78 is 2.36. The highest BCUT2D eigenvalue weighted by molar-refractivity contribution is 5.03. The van der Waals surface area contributed by atoms with Crippen LogP contribution in [0.5, 0.6) is 0 Å². The maximum absolute atomic E-state index is 4.30. The van der Waals surface area contributed by atoms with Gasteiger partial charge >= 0.3 is 0 Å². The topological polar surface area (TPSA) is 33.1 Å². The molecule has 1 saturated heterocycles. The minimum absolute atomic E-state index is 0.678. The zero-order valence-corrected chi connectivity index (χ0v) is 12.2. The molecular weight excluding hydrogens is 236 g/mol. The molecule has 0 atom stereocenters. The standard InChI is InChI=1S/C15H26N4/c1-12(2)18-7-5-13(6-8-18)17-10-15-9-16-11-19(15)14-3-4-14/h9,11-14,17H,3-8,10H2,1-2H3. The smallest absolute Gasteiger partial charge is 0.0951 e. The first-order valence-corrected chi connectivity index (χ1v) is 7.72. The van der Waals surface area contributed by atoms with Crippen LogP contribution in [0.25, 0.3) is 0 Å². The molecule has 0 radical (unpaired) electrons. The van der Waals surface area contributed by atoms with E-state index in [1.54, 1.807) is 0 Å². The predicted molar refractivity (Wildman–Crippen MR) is 77.1 cm³/mol. The summed E-state index contributed by atoms with van der Waals surface area (Å²) in [5.41, 5.74) is 1.36. The van der Waals surface area contributed by atoms with E-state index in [0.717, 1.165) is 12.6 Å². The summed E-state index contributed by atoms with van der Waals surface area (Å²) in [5, 5.41) is 3.72. The number of aromatic nitrogens is 2. The molecule has 2 fully saturated rings. The number of piperidine rings is 1. The number of nitrogens with one attached hydrogen (secondary N) is 1. The van der Waals surface area contributed by atoms with Crippen molar-refractivity contribution >= 4 is 0 Å². The second kappa shape index (κ2) is 5.63. The fourth-order valence-corrected chi connectivity index (χ4v) is 3.02. The molecule has 19 heavy (non-hydrogen) atoms. The van der Waals surface area contributed by atoms with Gasteiger partial charge in [-0.3, -0.25) is 0 Å². The van der Waals surface area contributed by atoms with Crippen LogP contribution in [0.1, 0.15) is 51.3 Å². The largest absolute Gasteiger partial charge is 0.330 e. The van der Waals surface area contributed by atoms with Crippen LogP contribution in [0.15, 0.2) is 12.5 Å². The number of imidazole rings is 1. The highest BCUT2D eigenvalue weighted by Gasteiger charge is 2.25. The second-order valence-electron chi connectivity index (χ2n) is 6.31. The molecule has 1 aliphatic carbocycles. The summed E-state index contributed by atoms with van der Waals surface area (Å²) >= 11 is 0. The Morgan fingerprint density at radius 1 is 1.26 bits per heavy atom. The molecule has 2 heterocycles. The Hall–Kier alpha value is -0.870. The molecule has 2 aliphatic rings. The van der Waals surface area contributed by atoms with Gasteiger partial charge < -0.3 is 14.8 Å². The molecule has 0 spiro atoms. The molecule has 106 valence electrons. The Balaban J connectivity index is 1.46. The van der Waals surface area contributed by atoms with Crippen LogP contribution in [-0.2, 0) is 6.54 Å². The summed E-state index contributed by atoms with van der Waals surface area (Å²) in [7, 11) is 0. The zero-order valence-electron chi connectivity index (χ0n) is 12.2. The fraction of sp³-hybridized carbons (Fsp3) is 0.800. The molecule has 0 unspecified atom stereocenters. The molecular formula is C15H26N4. The van der Waals surface area contributed by atoms with E-state index >= 15 is 0 Å². The van der Waals surface area contributed by atoms with Crippen molar-refractivity contribution in [3.8, 4) is 0 Å². The molecule has 4 heteroatoms. The Morgan fingerprint density at radius 3 is 2.63 bits per heavy atom. The van der Waals surface area contributed by atoms with Crippen LogP contribution in [0.2, 0.25) is 0 Å². The Bertz CT molecular complexity index is 400. The maximum Gasteiger partial charge on any atom is 0.0951 e. The van der Waals surface area contributed by atoms with Gasteiger partial charge in [-0.15, -0.1) is 0 Å². The van der Waals surface area contributed by atoms with E-state index in [2.05, 4.69) is 33.6 Å². The Labute approximate surface area is 116 Å². The molecule has 4 nitrogen and oxygen atoms in total. The number of likely N-dealkylation sites (tertiary alicyclic amines) is 1. The van der Waals surface area contributed by atoms with Crippen molar-refractivity contribution in [2.75, 3.05) is 13.1 Å². The third-order valence-corrected chi connectivity index (χ3v) is 4.52. The van der Waals surface area contributed by atoms with E-state index in [4.69, 9.17) is 0 Å². The van der Waals surface area contributed by atoms with Crippen LogP contribution >= 0.6 is 0 Å². The Morgan fingerprint density at radius 2 is 2.00 bits per heavy atom. The van der Waals surface area contributed by atoms with Gasteiger partial charge in [-0.25, -0.2) is 4.98 Å². The minimum Gasteiger partial charge on any atom is -0.330 e. The first kappa shape index (κ1) is 13.1. The summed E-state index contributed by atoms with van der Waals surface area (Å²) in [4.78, 5) is 6.87. The molecule has 1 N–H and O–H groups in total. The Kier molecular flexibility index (Phi) is 3.89. The van der Waals surface area contributed by atoms with E-state index in [1.807, 2.05) is 12.5 Å². The van der Waals surface area contributed by atoms with Crippen LogP contribution in [-0.4, -0.2) is 39.6 Å². The lowest BCUT2D eigenvalue weighted by molar-refractivity contribution is 0.160. The van der Waals surface area contributed by atoms with E-state index in [0.29, 0.717) is 12.1 Å². The number of hydrogen-bond donors (Lipinski definition) is 1. The molecule has 3 rings (SSSR count). The quantitative estimate of drug-likeness (QED) is 0.883. The fourth-order valence-electron chi connectivity index (χ4n) is 3.02. The van der Waals surface area contributed by atoms with Gasteiger partial charge in [-0.05, 0) is 52.6 Å². The number of hydrogen-bond acceptors (Lipinski definition) is 3. The van der Waals surface area contributed by atoms with Gasteiger partial charge in [-0.2, -0.15) is 0 Å². The molecule has 1 aromatic rings. The highest BCUT2D eigenvalue weighted by Crippen LogP contribution is 2.35. The van der Waals surface area contributed by atoms with Crippen molar-refractivity contribution in [3.05, 3.63) is 18.2 Å². The summed E-state index contributed by atoms with van der Waals surface area (Å²) in [6.07, 6.45) is 9.22. The lowest BCUT2D eigenvalue weighted by Gasteiger charge is -2.35. The zero-order chi connectivity index (χ0) is 13.2. The molecule has 1 aliphatic heterocycles. The highest BCUT2D eigenvalue weighted by atomic mass is 15.2. The van der Waals surface area contributed by atoms with Gasteiger partial charge in [-0.1, -0.05) is 0 Å². The number of rotatable bonds is 5. The second-order valence-corrected chi connectivity index (χ2v) is 6.31. The normalized spacial score (nSPS) is 22.3. The van der Waals surface area contributed by atoms with Gasteiger partial charge in [0.2, 0.25) is 0 Å². The lowest BCUT2D eigenvalue weighted by atomic mass is 10.0. The average molecular weight is 262 g/mol. The van der Waals surface area contributed by atoms with Crippen molar-refractivity contribution in [1.29, 1.82) is 0 Å².